The van der Waals surface area contributed by atoms with Crippen LogP contribution in [0.3, 0.4) is 0 Å². The minimum absolute atomic E-state index is 0.418. The maximum atomic E-state index is 4.87. The lowest BCUT2D eigenvalue weighted by atomic mass is 10.1. The maximum Gasteiger partial charge on any atom is 0.250 e. The fourth-order valence-corrected chi connectivity index (χ4v) is 3.47. The number of aryl methyl sites for hydroxylation is 1. The largest absolute Gasteiger partial charge is 0.334 e. The van der Waals surface area contributed by atoms with Gasteiger partial charge in [-0.25, -0.2) is 4.98 Å². The van der Waals surface area contributed by atoms with Crippen LogP contribution in [0.4, 0.5) is 5.95 Å². The van der Waals surface area contributed by atoms with Crippen LogP contribution in [0.25, 0.3) is 5.69 Å². The molecule has 4 rings (SSSR count). The van der Waals surface area contributed by atoms with E-state index in [1.165, 1.54) is 11.3 Å². The lowest BCUT2D eigenvalue weighted by Gasteiger charge is -2.27. The van der Waals surface area contributed by atoms with E-state index in [1.807, 2.05) is 12.1 Å². The maximum absolute atomic E-state index is 4.87. The van der Waals surface area contributed by atoms with Crippen LogP contribution in [0.2, 0.25) is 0 Å². The standard InChI is InChI=1S/C18H23N7/c1-12(2)17-19-15-11-24(10-9-16(15)23(17)4)18-20-21-22-25(18)14-7-5-13(3)6-8-14/h5-8,12H,9-11H2,1-4H3. The molecule has 0 aliphatic carbocycles. The van der Waals surface area contributed by atoms with E-state index in [4.69, 9.17) is 4.98 Å². The highest BCUT2D eigenvalue weighted by Gasteiger charge is 2.26. The number of nitrogens with zero attached hydrogens (tertiary/aromatic N) is 7. The van der Waals surface area contributed by atoms with E-state index < -0.39 is 0 Å². The summed E-state index contributed by atoms with van der Waals surface area (Å²) in [5, 5.41) is 12.4. The second kappa shape index (κ2) is 5.98. The van der Waals surface area contributed by atoms with Gasteiger partial charge < -0.3 is 9.47 Å². The number of anilines is 1. The molecule has 0 radical (unpaired) electrons. The predicted octanol–water partition coefficient (Wildman–Crippen LogP) is 2.39. The van der Waals surface area contributed by atoms with E-state index >= 15 is 0 Å². The van der Waals surface area contributed by atoms with E-state index in [0.717, 1.165) is 42.7 Å². The van der Waals surface area contributed by atoms with Crippen molar-refractivity contribution < 1.29 is 0 Å². The quantitative estimate of drug-likeness (QED) is 0.734. The highest BCUT2D eigenvalue weighted by molar-refractivity contribution is 5.43. The summed E-state index contributed by atoms with van der Waals surface area (Å²) in [7, 11) is 2.12. The van der Waals surface area contributed by atoms with Crippen LogP contribution in [0, 0.1) is 6.92 Å². The lowest BCUT2D eigenvalue weighted by Crippen LogP contribution is -2.33. The van der Waals surface area contributed by atoms with E-state index in [9.17, 15) is 0 Å². The molecule has 0 saturated carbocycles. The number of imidazole rings is 1. The Kier molecular flexibility index (Phi) is 3.78. The highest BCUT2D eigenvalue weighted by Crippen LogP contribution is 2.26. The summed E-state index contributed by atoms with van der Waals surface area (Å²) in [6.45, 7) is 8.06. The van der Waals surface area contributed by atoms with Gasteiger partial charge in [-0.2, -0.15) is 4.68 Å². The summed E-state index contributed by atoms with van der Waals surface area (Å²) in [5.41, 5.74) is 4.65. The summed E-state index contributed by atoms with van der Waals surface area (Å²) in [6, 6.07) is 8.23. The third-order valence-corrected chi connectivity index (χ3v) is 4.82. The minimum Gasteiger partial charge on any atom is -0.334 e. The second-order valence-electron chi connectivity index (χ2n) is 6.97. The zero-order chi connectivity index (χ0) is 17.6. The predicted molar refractivity (Wildman–Crippen MR) is 95.9 cm³/mol. The smallest absolute Gasteiger partial charge is 0.250 e. The molecule has 1 aliphatic heterocycles. The molecule has 7 heteroatoms. The number of fused-ring (bicyclic) bond motifs is 1. The van der Waals surface area contributed by atoms with E-state index in [1.54, 1.807) is 4.68 Å². The summed E-state index contributed by atoms with van der Waals surface area (Å²) in [5.74, 6) is 2.33. The van der Waals surface area contributed by atoms with Crippen LogP contribution in [0.5, 0.6) is 0 Å². The Morgan fingerprint density at radius 1 is 1.12 bits per heavy atom. The fraction of sp³-hybridized carbons (Fsp3) is 0.444. The molecule has 1 aromatic carbocycles. The van der Waals surface area contributed by atoms with Crippen molar-refractivity contribution in [3.8, 4) is 5.69 Å². The van der Waals surface area contributed by atoms with Crippen molar-refractivity contribution in [1.82, 2.24) is 29.8 Å². The van der Waals surface area contributed by atoms with Crippen LogP contribution in [-0.2, 0) is 20.0 Å². The Labute approximate surface area is 147 Å². The van der Waals surface area contributed by atoms with Gasteiger partial charge >= 0.3 is 0 Å². The fourth-order valence-electron chi connectivity index (χ4n) is 3.47. The molecule has 25 heavy (non-hydrogen) atoms. The van der Waals surface area contributed by atoms with Crippen molar-refractivity contribution in [2.24, 2.45) is 7.05 Å². The Morgan fingerprint density at radius 3 is 2.60 bits per heavy atom. The van der Waals surface area contributed by atoms with Gasteiger partial charge in [0.1, 0.15) is 5.82 Å². The number of rotatable bonds is 3. The summed E-state index contributed by atoms with van der Waals surface area (Å²) >= 11 is 0. The molecule has 0 spiro atoms. The number of hydrogen-bond acceptors (Lipinski definition) is 5. The number of tetrazole rings is 1. The zero-order valence-electron chi connectivity index (χ0n) is 15.1. The molecule has 7 nitrogen and oxygen atoms in total. The van der Waals surface area contributed by atoms with Gasteiger partial charge in [0.2, 0.25) is 0 Å². The summed E-state index contributed by atoms with van der Waals surface area (Å²) in [4.78, 5) is 7.08. The van der Waals surface area contributed by atoms with Crippen LogP contribution in [0.1, 0.15) is 42.5 Å². The average Bonchev–Trinajstić information content (AvgIpc) is 3.20. The number of benzene rings is 1. The van der Waals surface area contributed by atoms with Gasteiger partial charge in [0, 0.05) is 31.6 Å². The van der Waals surface area contributed by atoms with Crippen molar-refractivity contribution in [2.75, 3.05) is 11.4 Å². The van der Waals surface area contributed by atoms with E-state index in [0.29, 0.717) is 5.92 Å². The Bertz CT molecular complexity index is 889. The van der Waals surface area contributed by atoms with Gasteiger partial charge in [0.15, 0.2) is 0 Å². The number of aromatic nitrogens is 6. The highest BCUT2D eigenvalue weighted by atomic mass is 15.6. The zero-order valence-corrected chi connectivity index (χ0v) is 15.1. The molecule has 1 aliphatic rings. The van der Waals surface area contributed by atoms with Crippen LogP contribution in [-0.4, -0.2) is 36.3 Å². The van der Waals surface area contributed by atoms with Crippen molar-refractivity contribution in [3.63, 3.8) is 0 Å². The van der Waals surface area contributed by atoms with Crippen molar-refractivity contribution >= 4 is 5.95 Å². The SMILES string of the molecule is Cc1ccc(-n2nnnc2N2CCc3c(nc(C(C)C)n3C)C2)cc1. The molecule has 0 amide bonds. The third kappa shape index (κ3) is 2.69. The molecule has 3 aromatic rings. The Hall–Kier alpha value is -2.70. The van der Waals surface area contributed by atoms with Gasteiger partial charge in [-0.05, 0) is 29.5 Å². The molecular weight excluding hydrogens is 314 g/mol. The first-order chi connectivity index (χ1) is 12.0. The molecule has 2 aromatic heterocycles. The summed E-state index contributed by atoms with van der Waals surface area (Å²) in [6.07, 6.45) is 0.951. The van der Waals surface area contributed by atoms with Crippen molar-refractivity contribution in [2.45, 2.75) is 39.7 Å². The Balaban J connectivity index is 1.66. The molecule has 0 saturated heterocycles. The molecular formula is C18H23N7. The van der Waals surface area contributed by atoms with Gasteiger partial charge in [0.05, 0.1) is 17.9 Å². The molecule has 0 N–H and O–H groups in total. The minimum atomic E-state index is 0.418. The lowest BCUT2D eigenvalue weighted by molar-refractivity contribution is 0.646. The molecule has 0 fully saturated rings. The molecule has 3 heterocycles. The molecule has 0 unspecified atom stereocenters. The third-order valence-electron chi connectivity index (χ3n) is 4.82. The summed E-state index contributed by atoms with van der Waals surface area (Å²) < 4.78 is 4.05. The first-order valence-corrected chi connectivity index (χ1v) is 8.69. The first-order valence-electron chi connectivity index (χ1n) is 8.69. The van der Waals surface area contributed by atoms with Gasteiger partial charge in [-0.1, -0.05) is 36.6 Å². The van der Waals surface area contributed by atoms with Gasteiger partial charge in [-0.3, -0.25) is 0 Å². The Morgan fingerprint density at radius 2 is 1.88 bits per heavy atom. The number of hydrogen-bond donors (Lipinski definition) is 0. The molecule has 130 valence electrons. The van der Waals surface area contributed by atoms with Crippen LogP contribution in [0.15, 0.2) is 24.3 Å². The van der Waals surface area contributed by atoms with Gasteiger partial charge in [-0.15, -0.1) is 0 Å². The van der Waals surface area contributed by atoms with Crippen molar-refractivity contribution in [1.29, 1.82) is 0 Å². The molecule has 0 atom stereocenters. The molecule has 0 bridgehead atoms. The van der Waals surface area contributed by atoms with E-state index in [2.05, 4.69) is 64.9 Å². The topological polar surface area (TPSA) is 64.7 Å². The van der Waals surface area contributed by atoms with Crippen LogP contribution >= 0.6 is 0 Å². The van der Waals surface area contributed by atoms with E-state index in [-0.39, 0.29) is 0 Å². The first kappa shape index (κ1) is 15.8. The normalized spacial score (nSPS) is 14.2. The van der Waals surface area contributed by atoms with Crippen LogP contribution < -0.4 is 4.90 Å². The van der Waals surface area contributed by atoms with Crippen molar-refractivity contribution in [3.05, 3.63) is 47.0 Å². The van der Waals surface area contributed by atoms with Gasteiger partial charge in [0.25, 0.3) is 5.95 Å². The second-order valence-corrected chi connectivity index (χ2v) is 6.97. The monoisotopic (exact) mass is 337 g/mol. The average molecular weight is 337 g/mol.